The molecule has 0 aliphatic heterocycles. The molecule has 0 bridgehead atoms. The molecule has 10 heteroatoms. The molecule has 0 aliphatic carbocycles. The Morgan fingerprint density at radius 2 is 1.78 bits per heavy atom. The summed E-state index contributed by atoms with van der Waals surface area (Å²) in [6, 6.07) is -1.35. The molecule has 23 heavy (non-hydrogen) atoms. The first-order chi connectivity index (χ1) is 9.79. The van der Waals surface area contributed by atoms with Crippen molar-refractivity contribution in [2.45, 2.75) is 45.7 Å². The first kappa shape index (κ1) is 26.6. The van der Waals surface area contributed by atoms with Gasteiger partial charge in [-0.05, 0) is 25.3 Å². The number of nitrogens with zero attached hydrogens (tertiary/aromatic N) is 1. The molecule has 0 radical (unpaired) electrons. The number of aliphatic carboxylic acids is 1. The van der Waals surface area contributed by atoms with E-state index in [4.69, 9.17) is 16.6 Å². The lowest BCUT2D eigenvalue weighted by molar-refractivity contribution is -0.143. The van der Waals surface area contributed by atoms with Crippen molar-refractivity contribution < 1.29 is 14.7 Å². The highest BCUT2D eigenvalue weighted by molar-refractivity contribution is 5.87. The van der Waals surface area contributed by atoms with Crippen molar-refractivity contribution in [3.05, 3.63) is 0 Å². The number of guanidine groups is 1. The summed E-state index contributed by atoms with van der Waals surface area (Å²) >= 11 is 0. The van der Waals surface area contributed by atoms with Crippen molar-refractivity contribution in [3.8, 4) is 0 Å². The number of nitrogens with one attached hydrogen (secondary N) is 2. The standard InChI is InChI=1S/C13H27N5O3.2ClH/c1-4-16-9(6-5-7-17-13(14)15)11(19)18-10(8(2)3)12(20)21;;/h8-10,16H,4-7H2,1-3H3,(H,18,19)(H,20,21)(H4,14,15,17);2*1H/t9-,10-;;/m0../s1. The molecule has 0 saturated carbocycles. The Kier molecular flexibility index (Phi) is 16.6. The smallest absolute Gasteiger partial charge is 0.326 e. The van der Waals surface area contributed by atoms with Crippen molar-refractivity contribution in [1.29, 1.82) is 0 Å². The minimum atomic E-state index is -1.03. The van der Waals surface area contributed by atoms with Crippen LogP contribution in [-0.2, 0) is 9.59 Å². The number of aliphatic imine (C=N–C) groups is 1. The van der Waals surface area contributed by atoms with E-state index in [1.165, 1.54) is 0 Å². The van der Waals surface area contributed by atoms with Crippen LogP contribution >= 0.6 is 24.8 Å². The Balaban J connectivity index is -0.00000200. The van der Waals surface area contributed by atoms with Crippen LogP contribution in [0.2, 0.25) is 0 Å². The number of carboxylic acids is 1. The fraction of sp³-hybridized carbons (Fsp3) is 0.769. The number of hydrogen-bond donors (Lipinski definition) is 5. The largest absolute Gasteiger partial charge is 0.480 e. The Bertz CT molecular complexity index is 377. The topological polar surface area (TPSA) is 143 Å². The van der Waals surface area contributed by atoms with E-state index >= 15 is 0 Å². The van der Waals surface area contributed by atoms with Crippen LogP contribution in [0.4, 0.5) is 0 Å². The van der Waals surface area contributed by atoms with Gasteiger partial charge >= 0.3 is 5.97 Å². The molecule has 0 fully saturated rings. The molecule has 0 saturated heterocycles. The maximum absolute atomic E-state index is 12.2. The number of nitrogens with two attached hydrogens (primary N) is 2. The molecule has 0 spiro atoms. The number of carbonyl (C=O) groups excluding carboxylic acids is 1. The molecule has 0 unspecified atom stereocenters. The van der Waals surface area contributed by atoms with Gasteiger partial charge in [-0.25, -0.2) is 4.79 Å². The molecule has 2 atom stereocenters. The average molecular weight is 374 g/mol. The van der Waals surface area contributed by atoms with Crippen molar-refractivity contribution >= 4 is 42.7 Å². The van der Waals surface area contributed by atoms with Crippen molar-refractivity contribution in [1.82, 2.24) is 10.6 Å². The van der Waals surface area contributed by atoms with Crippen LogP contribution < -0.4 is 22.1 Å². The third kappa shape index (κ3) is 11.9. The number of likely N-dealkylation sites (N-methyl/N-ethyl adjacent to an activating group) is 1. The van der Waals surface area contributed by atoms with E-state index in [0.717, 1.165) is 0 Å². The molecular weight excluding hydrogens is 345 g/mol. The number of amides is 1. The van der Waals surface area contributed by atoms with Crippen molar-refractivity contribution in [2.24, 2.45) is 22.4 Å². The quantitative estimate of drug-likeness (QED) is 0.208. The SMILES string of the molecule is CCN[C@@H](CCCN=C(N)N)C(=O)N[C@H](C(=O)O)C(C)C.Cl.Cl. The van der Waals surface area contributed by atoms with Crippen LogP contribution in [0.3, 0.4) is 0 Å². The van der Waals surface area contributed by atoms with Gasteiger partial charge in [0, 0.05) is 6.54 Å². The van der Waals surface area contributed by atoms with Gasteiger partial charge in [0.05, 0.1) is 6.04 Å². The number of halogens is 2. The van der Waals surface area contributed by atoms with E-state index in [0.29, 0.717) is 25.9 Å². The van der Waals surface area contributed by atoms with Crippen LogP contribution in [0.5, 0.6) is 0 Å². The van der Waals surface area contributed by atoms with E-state index in [1.54, 1.807) is 13.8 Å². The third-order valence-corrected chi connectivity index (χ3v) is 2.94. The maximum atomic E-state index is 12.2. The number of carbonyl (C=O) groups is 2. The summed E-state index contributed by atoms with van der Waals surface area (Å²) in [5.74, 6) is -1.52. The summed E-state index contributed by atoms with van der Waals surface area (Å²) in [6.45, 7) is 6.43. The van der Waals surface area contributed by atoms with Gasteiger partial charge in [0.1, 0.15) is 6.04 Å². The zero-order valence-corrected chi connectivity index (χ0v) is 15.4. The van der Waals surface area contributed by atoms with Crippen molar-refractivity contribution in [2.75, 3.05) is 13.1 Å². The lowest BCUT2D eigenvalue weighted by Crippen LogP contribution is -2.52. The molecule has 0 aromatic rings. The summed E-state index contributed by atoms with van der Waals surface area (Å²) in [6.07, 6.45) is 1.16. The second kappa shape index (κ2) is 14.3. The Hall–Kier alpha value is -1.25. The molecular formula is C13H29Cl2N5O3. The minimum Gasteiger partial charge on any atom is -0.480 e. The lowest BCUT2D eigenvalue weighted by Gasteiger charge is -2.22. The van der Waals surface area contributed by atoms with Gasteiger partial charge in [0.2, 0.25) is 5.91 Å². The van der Waals surface area contributed by atoms with Gasteiger partial charge in [-0.1, -0.05) is 20.8 Å². The monoisotopic (exact) mass is 373 g/mol. The number of carboxylic acid groups (broad SMARTS) is 1. The van der Waals surface area contributed by atoms with Crippen LogP contribution in [0, 0.1) is 5.92 Å². The molecule has 0 aromatic carbocycles. The first-order valence-corrected chi connectivity index (χ1v) is 7.11. The summed E-state index contributed by atoms with van der Waals surface area (Å²) in [4.78, 5) is 27.1. The van der Waals surface area contributed by atoms with E-state index in [-0.39, 0.29) is 42.6 Å². The van der Waals surface area contributed by atoms with Crippen LogP contribution in [0.25, 0.3) is 0 Å². The molecule has 1 amide bonds. The van der Waals surface area contributed by atoms with Crippen LogP contribution in [-0.4, -0.2) is 48.1 Å². The molecule has 0 aromatic heterocycles. The second-order valence-electron chi connectivity index (χ2n) is 5.13. The average Bonchev–Trinajstić information content (AvgIpc) is 2.38. The zero-order valence-electron chi connectivity index (χ0n) is 13.7. The van der Waals surface area contributed by atoms with Crippen molar-refractivity contribution in [3.63, 3.8) is 0 Å². The van der Waals surface area contributed by atoms with Gasteiger partial charge in [-0.2, -0.15) is 0 Å². The van der Waals surface area contributed by atoms with Gasteiger partial charge in [0.15, 0.2) is 5.96 Å². The summed E-state index contributed by atoms with van der Waals surface area (Å²) in [7, 11) is 0. The minimum absolute atomic E-state index is 0. The summed E-state index contributed by atoms with van der Waals surface area (Å²) in [5, 5.41) is 14.7. The highest BCUT2D eigenvalue weighted by atomic mass is 35.5. The molecule has 0 aliphatic rings. The molecule has 7 N–H and O–H groups in total. The predicted molar refractivity (Wildman–Crippen MR) is 96.3 cm³/mol. The second-order valence-corrected chi connectivity index (χ2v) is 5.13. The highest BCUT2D eigenvalue weighted by Gasteiger charge is 2.26. The molecule has 8 nitrogen and oxygen atoms in total. The van der Waals surface area contributed by atoms with Gasteiger partial charge in [-0.15, -0.1) is 24.8 Å². The van der Waals surface area contributed by atoms with Gasteiger partial charge < -0.3 is 27.2 Å². The van der Waals surface area contributed by atoms with Gasteiger partial charge in [-0.3, -0.25) is 9.79 Å². The molecule has 0 heterocycles. The normalized spacial score (nSPS) is 12.3. The van der Waals surface area contributed by atoms with Crippen LogP contribution in [0.1, 0.15) is 33.6 Å². The fourth-order valence-corrected chi connectivity index (χ4v) is 1.84. The van der Waals surface area contributed by atoms with Crippen LogP contribution in [0.15, 0.2) is 4.99 Å². The number of hydrogen-bond acceptors (Lipinski definition) is 4. The van der Waals surface area contributed by atoms with E-state index in [1.807, 2.05) is 6.92 Å². The third-order valence-electron chi connectivity index (χ3n) is 2.94. The van der Waals surface area contributed by atoms with Gasteiger partial charge in [0.25, 0.3) is 0 Å². The van der Waals surface area contributed by atoms with E-state index in [9.17, 15) is 9.59 Å². The molecule has 138 valence electrons. The Morgan fingerprint density at radius 3 is 2.17 bits per heavy atom. The summed E-state index contributed by atoms with van der Waals surface area (Å²) in [5.41, 5.74) is 10.5. The van der Waals surface area contributed by atoms with E-state index in [2.05, 4.69) is 15.6 Å². The molecule has 0 rings (SSSR count). The number of rotatable bonds is 10. The lowest BCUT2D eigenvalue weighted by atomic mass is 10.0. The zero-order chi connectivity index (χ0) is 16.4. The predicted octanol–water partition coefficient (Wildman–Crippen LogP) is 0.0871. The Labute approximate surface area is 149 Å². The maximum Gasteiger partial charge on any atom is 0.326 e. The Morgan fingerprint density at radius 1 is 1.22 bits per heavy atom. The van der Waals surface area contributed by atoms with E-state index < -0.39 is 18.1 Å². The first-order valence-electron chi connectivity index (χ1n) is 7.11. The highest BCUT2D eigenvalue weighted by Crippen LogP contribution is 2.04. The fourth-order valence-electron chi connectivity index (χ4n) is 1.84. The summed E-state index contributed by atoms with van der Waals surface area (Å²) < 4.78 is 0.